The molecule has 2 heterocycles. The molecule has 0 spiro atoms. The van der Waals surface area contributed by atoms with Gasteiger partial charge in [0.25, 0.3) is 0 Å². The lowest BCUT2D eigenvalue weighted by atomic mass is 10.1. The van der Waals surface area contributed by atoms with Gasteiger partial charge in [-0.25, -0.2) is 9.97 Å². The average Bonchev–Trinajstić information content (AvgIpc) is 2.77. The van der Waals surface area contributed by atoms with Crippen molar-refractivity contribution in [2.45, 2.75) is 32.6 Å². The molecule has 0 N–H and O–H groups in total. The Morgan fingerprint density at radius 1 is 1.47 bits per heavy atom. The first-order chi connectivity index (χ1) is 8.08. The number of hydrogen-bond acceptors (Lipinski definition) is 3. The van der Waals surface area contributed by atoms with E-state index in [4.69, 9.17) is 16.3 Å². The summed E-state index contributed by atoms with van der Waals surface area (Å²) < 4.78 is 6.20. The van der Waals surface area contributed by atoms with Crippen LogP contribution in [0.15, 0.2) is 4.47 Å². The van der Waals surface area contributed by atoms with Gasteiger partial charge in [-0.3, -0.25) is 0 Å². The number of hydrogen-bond donors (Lipinski definition) is 0. The van der Waals surface area contributed by atoms with Gasteiger partial charge in [-0.05, 0) is 34.7 Å². The van der Waals surface area contributed by atoms with Gasteiger partial charge in [0, 0.05) is 12.5 Å². The SMILES string of the molecule is CC(C)Cc1nc(C2CCOC2)nc(Cl)c1Br. The average molecular weight is 320 g/mol. The van der Waals surface area contributed by atoms with Crippen molar-refractivity contribution in [2.75, 3.05) is 13.2 Å². The lowest BCUT2D eigenvalue weighted by Gasteiger charge is -2.12. The maximum atomic E-state index is 6.14. The lowest BCUT2D eigenvalue weighted by Crippen LogP contribution is -2.09. The summed E-state index contributed by atoms with van der Waals surface area (Å²) in [6, 6.07) is 0. The minimum Gasteiger partial charge on any atom is -0.381 e. The first kappa shape index (κ1) is 13.2. The summed E-state index contributed by atoms with van der Waals surface area (Å²) in [5.41, 5.74) is 1.00. The Balaban J connectivity index is 2.31. The van der Waals surface area contributed by atoms with E-state index in [1.807, 2.05) is 0 Å². The topological polar surface area (TPSA) is 35.0 Å². The van der Waals surface area contributed by atoms with Crippen molar-refractivity contribution < 1.29 is 4.74 Å². The van der Waals surface area contributed by atoms with E-state index in [2.05, 4.69) is 39.7 Å². The number of nitrogens with zero attached hydrogens (tertiary/aromatic N) is 2. The highest BCUT2D eigenvalue weighted by Gasteiger charge is 2.23. The Hall–Kier alpha value is -0.190. The molecule has 0 radical (unpaired) electrons. The molecule has 0 bridgehead atoms. The first-order valence-corrected chi connectivity index (χ1v) is 7.04. The normalized spacial score (nSPS) is 20.2. The van der Waals surface area contributed by atoms with Crippen LogP contribution in [0.5, 0.6) is 0 Å². The molecule has 17 heavy (non-hydrogen) atoms. The molecule has 0 amide bonds. The maximum Gasteiger partial charge on any atom is 0.147 e. The van der Waals surface area contributed by atoms with Gasteiger partial charge in [0.05, 0.1) is 16.8 Å². The van der Waals surface area contributed by atoms with E-state index in [9.17, 15) is 0 Å². The zero-order valence-corrected chi connectivity index (χ0v) is 12.4. The molecule has 0 saturated carbocycles. The van der Waals surface area contributed by atoms with E-state index in [-0.39, 0.29) is 0 Å². The van der Waals surface area contributed by atoms with Crippen LogP contribution in [0.4, 0.5) is 0 Å². The van der Waals surface area contributed by atoms with Crippen molar-refractivity contribution in [1.29, 1.82) is 0 Å². The van der Waals surface area contributed by atoms with Crippen LogP contribution in [-0.2, 0) is 11.2 Å². The van der Waals surface area contributed by atoms with Crippen molar-refractivity contribution >= 4 is 27.5 Å². The molecule has 1 atom stereocenters. The minimum atomic E-state index is 0.298. The molecule has 3 nitrogen and oxygen atoms in total. The van der Waals surface area contributed by atoms with E-state index >= 15 is 0 Å². The van der Waals surface area contributed by atoms with Gasteiger partial charge in [0.2, 0.25) is 0 Å². The molecule has 0 aliphatic carbocycles. The van der Waals surface area contributed by atoms with Gasteiger partial charge in [0.1, 0.15) is 11.0 Å². The third kappa shape index (κ3) is 3.18. The molecule has 2 rings (SSSR count). The summed E-state index contributed by atoms with van der Waals surface area (Å²) in [6.07, 6.45) is 1.89. The van der Waals surface area contributed by atoms with E-state index in [1.165, 1.54) is 0 Å². The minimum absolute atomic E-state index is 0.298. The van der Waals surface area contributed by atoms with Crippen LogP contribution in [0, 0.1) is 5.92 Å². The predicted octanol–water partition coefficient (Wildman–Crippen LogP) is 3.59. The smallest absolute Gasteiger partial charge is 0.147 e. The molecule has 1 fully saturated rings. The number of aromatic nitrogens is 2. The fourth-order valence-electron chi connectivity index (χ4n) is 1.92. The highest BCUT2D eigenvalue weighted by Crippen LogP contribution is 2.29. The Bertz CT molecular complexity index is 406. The molecule has 1 aliphatic heterocycles. The largest absolute Gasteiger partial charge is 0.381 e. The van der Waals surface area contributed by atoms with Crippen LogP contribution in [0.3, 0.4) is 0 Å². The number of rotatable bonds is 3. The molecule has 0 aromatic carbocycles. The zero-order valence-electron chi connectivity index (χ0n) is 10.0. The number of ether oxygens (including phenoxy) is 1. The molecular formula is C12H16BrClN2O. The highest BCUT2D eigenvalue weighted by atomic mass is 79.9. The standard InChI is InChI=1S/C12H16BrClN2O/c1-7(2)5-9-10(13)11(14)16-12(15-9)8-3-4-17-6-8/h7-8H,3-6H2,1-2H3. The molecule has 1 unspecified atom stereocenters. The fraction of sp³-hybridized carbons (Fsp3) is 0.667. The molecule has 5 heteroatoms. The lowest BCUT2D eigenvalue weighted by molar-refractivity contribution is 0.193. The molecule has 1 aromatic rings. The molecular weight excluding hydrogens is 304 g/mol. The predicted molar refractivity (Wildman–Crippen MR) is 71.5 cm³/mol. The third-order valence-corrected chi connectivity index (χ3v) is 4.13. The van der Waals surface area contributed by atoms with Gasteiger partial charge < -0.3 is 4.74 Å². The molecule has 94 valence electrons. The molecule has 1 aromatic heterocycles. The van der Waals surface area contributed by atoms with Gasteiger partial charge in [0.15, 0.2) is 0 Å². The second-order valence-electron chi connectivity index (χ2n) is 4.79. The first-order valence-electron chi connectivity index (χ1n) is 5.87. The quantitative estimate of drug-likeness (QED) is 0.799. The van der Waals surface area contributed by atoms with Gasteiger partial charge >= 0.3 is 0 Å². The summed E-state index contributed by atoms with van der Waals surface area (Å²) in [5.74, 6) is 1.67. The summed E-state index contributed by atoms with van der Waals surface area (Å²) in [4.78, 5) is 8.98. The summed E-state index contributed by atoms with van der Waals surface area (Å²) in [7, 11) is 0. The van der Waals surface area contributed by atoms with Crippen molar-refractivity contribution in [1.82, 2.24) is 9.97 Å². The van der Waals surface area contributed by atoms with E-state index in [0.717, 1.165) is 35.4 Å². The van der Waals surface area contributed by atoms with Gasteiger partial charge in [-0.1, -0.05) is 25.4 Å². The van der Waals surface area contributed by atoms with Crippen LogP contribution in [0.1, 0.15) is 37.7 Å². The van der Waals surface area contributed by atoms with Gasteiger partial charge in [-0.2, -0.15) is 0 Å². The Kier molecular flexibility index (Phi) is 4.39. The van der Waals surface area contributed by atoms with Crippen LogP contribution < -0.4 is 0 Å². The maximum absolute atomic E-state index is 6.14. The van der Waals surface area contributed by atoms with Crippen LogP contribution in [-0.4, -0.2) is 23.2 Å². The summed E-state index contributed by atoms with van der Waals surface area (Å²) in [6.45, 7) is 5.84. The molecule has 1 saturated heterocycles. The van der Waals surface area contributed by atoms with Crippen LogP contribution in [0.2, 0.25) is 5.15 Å². The van der Waals surface area contributed by atoms with E-state index in [1.54, 1.807) is 0 Å². The second kappa shape index (κ2) is 5.63. The van der Waals surface area contributed by atoms with E-state index in [0.29, 0.717) is 23.6 Å². The second-order valence-corrected chi connectivity index (χ2v) is 5.94. The van der Waals surface area contributed by atoms with Crippen molar-refractivity contribution in [2.24, 2.45) is 5.92 Å². The van der Waals surface area contributed by atoms with Crippen LogP contribution >= 0.6 is 27.5 Å². The van der Waals surface area contributed by atoms with Crippen molar-refractivity contribution in [3.63, 3.8) is 0 Å². The molecule has 1 aliphatic rings. The van der Waals surface area contributed by atoms with Crippen molar-refractivity contribution in [3.05, 3.63) is 21.1 Å². The Morgan fingerprint density at radius 3 is 2.82 bits per heavy atom. The Morgan fingerprint density at radius 2 is 2.24 bits per heavy atom. The fourth-order valence-corrected chi connectivity index (χ4v) is 2.46. The monoisotopic (exact) mass is 318 g/mol. The number of halogens is 2. The summed E-state index contributed by atoms with van der Waals surface area (Å²) >= 11 is 9.61. The summed E-state index contributed by atoms with van der Waals surface area (Å²) in [5, 5.41) is 0.512. The highest BCUT2D eigenvalue weighted by molar-refractivity contribution is 9.10. The van der Waals surface area contributed by atoms with Crippen molar-refractivity contribution in [3.8, 4) is 0 Å². The zero-order chi connectivity index (χ0) is 12.4. The van der Waals surface area contributed by atoms with E-state index < -0.39 is 0 Å². The van der Waals surface area contributed by atoms with Crippen LogP contribution in [0.25, 0.3) is 0 Å². The van der Waals surface area contributed by atoms with Gasteiger partial charge in [-0.15, -0.1) is 0 Å². The third-order valence-electron chi connectivity index (χ3n) is 2.79. The Labute approximate surface area is 115 Å².